The number of hydrogen-bond acceptors (Lipinski definition) is 2. The van der Waals surface area contributed by atoms with Crippen molar-refractivity contribution in [3.63, 3.8) is 0 Å². The number of piperidine rings is 1. The van der Waals surface area contributed by atoms with Gasteiger partial charge in [0, 0.05) is 0 Å². The molecule has 1 aromatic carbocycles. The summed E-state index contributed by atoms with van der Waals surface area (Å²) in [6.07, 6.45) is 5.18. The first-order chi connectivity index (χ1) is 10.1. The van der Waals surface area contributed by atoms with Gasteiger partial charge in [0.1, 0.15) is 0 Å². The van der Waals surface area contributed by atoms with Crippen LogP contribution in [-0.2, 0) is 10.2 Å². The molecule has 2 fully saturated rings. The Kier molecular flexibility index (Phi) is 5.51. The van der Waals surface area contributed by atoms with Crippen molar-refractivity contribution >= 4 is 18.4 Å². The minimum Gasteiger partial charge on any atom is -0.481 e. The predicted molar refractivity (Wildman–Crippen MR) is 90.6 cm³/mol. The zero-order chi connectivity index (χ0) is 14.9. The number of aliphatic carboxylic acids is 1. The fourth-order valence-electron chi connectivity index (χ4n) is 4.58. The highest BCUT2D eigenvalue weighted by Crippen LogP contribution is 2.51. The predicted octanol–water partition coefficient (Wildman–Crippen LogP) is 3.57. The molecule has 2 aliphatic rings. The van der Waals surface area contributed by atoms with Gasteiger partial charge in [0.15, 0.2) is 0 Å². The Balaban J connectivity index is 0.00000176. The van der Waals surface area contributed by atoms with Gasteiger partial charge in [-0.15, -0.1) is 12.4 Å². The first-order valence-corrected chi connectivity index (χ1v) is 8.12. The third kappa shape index (κ3) is 2.89. The van der Waals surface area contributed by atoms with Crippen molar-refractivity contribution in [2.75, 3.05) is 20.1 Å². The molecule has 1 saturated heterocycles. The molecule has 1 aliphatic heterocycles. The number of likely N-dealkylation sites (tertiary alicyclic amines) is 1. The summed E-state index contributed by atoms with van der Waals surface area (Å²) in [5, 5.41) is 10.1. The lowest BCUT2D eigenvalue weighted by atomic mass is 9.65. The average molecular weight is 324 g/mol. The van der Waals surface area contributed by atoms with Crippen LogP contribution >= 0.6 is 12.4 Å². The Labute approximate surface area is 139 Å². The van der Waals surface area contributed by atoms with Gasteiger partial charge in [0.25, 0.3) is 0 Å². The van der Waals surface area contributed by atoms with Crippen LogP contribution in [0.25, 0.3) is 0 Å². The molecule has 1 N–H and O–H groups in total. The molecule has 2 unspecified atom stereocenters. The average Bonchev–Trinajstić information content (AvgIpc) is 2.95. The van der Waals surface area contributed by atoms with Crippen molar-refractivity contribution < 1.29 is 9.90 Å². The smallest absolute Gasteiger partial charge is 0.314 e. The molecule has 4 heteroatoms. The first kappa shape index (κ1) is 17.3. The summed E-state index contributed by atoms with van der Waals surface area (Å²) in [6, 6.07) is 9.95. The molecular weight excluding hydrogens is 298 g/mol. The van der Waals surface area contributed by atoms with Crippen LogP contribution in [0, 0.1) is 11.8 Å². The summed E-state index contributed by atoms with van der Waals surface area (Å²) in [5.41, 5.74) is 0.362. The zero-order valence-corrected chi connectivity index (χ0v) is 14.0. The van der Waals surface area contributed by atoms with E-state index in [0.717, 1.165) is 50.8 Å². The van der Waals surface area contributed by atoms with Crippen molar-refractivity contribution in [1.82, 2.24) is 4.90 Å². The maximum absolute atomic E-state index is 12.2. The number of carboxylic acids is 1. The van der Waals surface area contributed by atoms with Crippen molar-refractivity contribution in [2.24, 2.45) is 11.8 Å². The maximum Gasteiger partial charge on any atom is 0.314 e. The van der Waals surface area contributed by atoms with E-state index in [1.165, 1.54) is 0 Å². The molecule has 0 amide bonds. The Bertz CT molecular complexity index is 499. The van der Waals surface area contributed by atoms with Crippen molar-refractivity contribution in [1.29, 1.82) is 0 Å². The number of benzene rings is 1. The number of nitrogens with zero attached hydrogens (tertiary/aromatic N) is 1. The minimum absolute atomic E-state index is 0. The first-order valence-electron chi connectivity index (χ1n) is 8.12. The van der Waals surface area contributed by atoms with E-state index in [1.54, 1.807) is 0 Å². The summed E-state index contributed by atoms with van der Waals surface area (Å²) in [4.78, 5) is 14.6. The van der Waals surface area contributed by atoms with Crippen molar-refractivity contribution in [3.8, 4) is 0 Å². The second-order valence-corrected chi connectivity index (χ2v) is 6.78. The monoisotopic (exact) mass is 323 g/mol. The lowest BCUT2D eigenvalue weighted by Gasteiger charge is -2.40. The molecule has 122 valence electrons. The molecular formula is C18H26ClNO2. The van der Waals surface area contributed by atoms with E-state index in [9.17, 15) is 9.90 Å². The van der Waals surface area contributed by atoms with E-state index in [0.29, 0.717) is 11.8 Å². The largest absolute Gasteiger partial charge is 0.481 e. The van der Waals surface area contributed by atoms with Gasteiger partial charge in [0.2, 0.25) is 0 Å². The van der Waals surface area contributed by atoms with Crippen molar-refractivity contribution in [3.05, 3.63) is 35.9 Å². The van der Waals surface area contributed by atoms with Gasteiger partial charge in [-0.3, -0.25) is 4.79 Å². The summed E-state index contributed by atoms with van der Waals surface area (Å²) in [7, 11) is 2.16. The maximum atomic E-state index is 12.2. The zero-order valence-electron chi connectivity index (χ0n) is 13.2. The summed E-state index contributed by atoms with van der Waals surface area (Å²) in [5.74, 6) is 0.237. The normalized spacial score (nSPS) is 30.0. The third-order valence-electron chi connectivity index (χ3n) is 5.72. The molecule has 1 aromatic rings. The Hall–Kier alpha value is -1.06. The van der Waals surface area contributed by atoms with Crippen LogP contribution in [0.2, 0.25) is 0 Å². The van der Waals surface area contributed by atoms with E-state index in [4.69, 9.17) is 0 Å². The Morgan fingerprint density at radius 3 is 2.41 bits per heavy atom. The minimum atomic E-state index is -0.651. The molecule has 1 aliphatic carbocycles. The molecule has 0 spiro atoms. The molecule has 22 heavy (non-hydrogen) atoms. The molecule has 0 aromatic heterocycles. The molecule has 0 bridgehead atoms. The number of halogens is 1. The summed E-state index contributed by atoms with van der Waals surface area (Å²) in [6.45, 7) is 2.21. The highest BCUT2D eigenvalue weighted by Gasteiger charge is 2.53. The van der Waals surface area contributed by atoms with Gasteiger partial charge in [-0.2, -0.15) is 0 Å². The van der Waals surface area contributed by atoms with Crippen molar-refractivity contribution in [2.45, 2.75) is 37.5 Å². The van der Waals surface area contributed by atoms with E-state index in [2.05, 4.69) is 11.9 Å². The molecule has 1 heterocycles. The number of hydrogen-bond donors (Lipinski definition) is 1. The van der Waals surface area contributed by atoms with Crippen LogP contribution in [0.1, 0.15) is 37.7 Å². The SMILES string of the molecule is CN1CCC(C2CCCC2(C(=O)O)c2ccccc2)CC1.Cl. The number of rotatable bonds is 3. The van der Waals surface area contributed by atoms with Gasteiger partial charge in [-0.25, -0.2) is 0 Å². The van der Waals surface area contributed by atoms with Crippen LogP contribution in [0.3, 0.4) is 0 Å². The lowest BCUT2D eigenvalue weighted by molar-refractivity contribution is -0.146. The highest BCUT2D eigenvalue weighted by molar-refractivity contribution is 5.85. The van der Waals surface area contributed by atoms with Crippen LogP contribution in [0.4, 0.5) is 0 Å². The molecule has 0 radical (unpaired) electrons. The molecule has 3 nitrogen and oxygen atoms in total. The van der Waals surface area contributed by atoms with Crippen LogP contribution < -0.4 is 0 Å². The summed E-state index contributed by atoms with van der Waals surface area (Å²) < 4.78 is 0. The fourth-order valence-corrected chi connectivity index (χ4v) is 4.58. The second-order valence-electron chi connectivity index (χ2n) is 6.78. The second kappa shape index (κ2) is 7.01. The standard InChI is InChI=1S/C18H25NO2.ClH/c1-19-12-9-14(10-13-19)16-8-5-11-18(16,17(20)21)15-6-3-2-4-7-15;/h2-4,6-7,14,16H,5,8-13H2,1H3,(H,20,21);1H. The topological polar surface area (TPSA) is 40.5 Å². The van der Waals surface area contributed by atoms with Gasteiger partial charge >= 0.3 is 5.97 Å². The Morgan fingerprint density at radius 1 is 1.18 bits per heavy atom. The van der Waals surface area contributed by atoms with Crippen LogP contribution in [0.5, 0.6) is 0 Å². The van der Waals surface area contributed by atoms with Crippen LogP contribution in [-0.4, -0.2) is 36.1 Å². The van der Waals surface area contributed by atoms with Gasteiger partial charge in [-0.05, 0) is 63.2 Å². The van der Waals surface area contributed by atoms with E-state index < -0.39 is 11.4 Å². The van der Waals surface area contributed by atoms with E-state index in [1.807, 2.05) is 30.3 Å². The quantitative estimate of drug-likeness (QED) is 0.924. The van der Waals surface area contributed by atoms with E-state index >= 15 is 0 Å². The molecule has 3 rings (SSSR count). The van der Waals surface area contributed by atoms with Gasteiger partial charge in [0.05, 0.1) is 5.41 Å². The summed E-state index contributed by atoms with van der Waals surface area (Å²) >= 11 is 0. The fraction of sp³-hybridized carbons (Fsp3) is 0.611. The number of carbonyl (C=O) groups is 1. The van der Waals surface area contributed by atoms with Gasteiger partial charge < -0.3 is 10.0 Å². The van der Waals surface area contributed by atoms with Gasteiger partial charge in [-0.1, -0.05) is 36.8 Å². The van der Waals surface area contributed by atoms with E-state index in [-0.39, 0.29) is 12.4 Å². The van der Waals surface area contributed by atoms with Crippen LogP contribution in [0.15, 0.2) is 30.3 Å². The third-order valence-corrected chi connectivity index (χ3v) is 5.72. The lowest BCUT2D eigenvalue weighted by Crippen LogP contribution is -2.45. The Morgan fingerprint density at radius 2 is 1.82 bits per heavy atom. The number of carboxylic acid groups (broad SMARTS) is 1. The molecule has 1 saturated carbocycles. The highest BCUT2D eigenvalue weighted by atomic mass is 35.5. The molecule has 2 atom stereocenters.